The first-order valence-corrected chi connectivity index (χ1v) is 8.27. The molecule has 1 heteroatoms. The van der Waals surface area contributed by atoms with Crippen LogP contribution in [0.3, 0.4) is 0 Å². The molecule has 1 unspecified atom stereocenters. The molecule has 1 nitrogen and oxygen atoms in total. The Morgan fingerprint density at radius 3 is 2.15 bits per heavy atom. The smallest absolute Gasteiger partial charge is 0.00173 e. The van der Waals surface area contributed by atoms with Gasteiger partial charge in [-0.05, 0) is 54.8 Å². The minimum absolute atomic E-state index is 0.254. The second kappa shape index (κ2) is 8.46. The minimum Gasteiger partial charge on any atom is -0.316 e. The van der Waals surface area contributed by atoms with Crippen LogP contribution >= 0.6 is 0 Å². The van der Waals surface area contributed by atoms with E-state index in [4.69, 9.17) is 0 Å². The normalized spacial score (nSPS) is 13.4. The third-order valence-corrected chi connectivity index (χ3v) is 3.90. The van der Waals surface area contributed by atoms with Crippen molar-refractivity contribution in [3.8, 4) is 0 Å². The fourth-order valence-corrected chi connectivity index (χ4v) is 2.64. The molecule has 1 atom stereocenters. The lowest BCUT2D eigenvalue weighted by Crippen LogP contribution is -2.25. The topological polar surface area (TPSA) is 12.0 Å². The van der Waals surface area contributed by atoms with E-state index in [9.17, 15) is 0 Å². The summed E-state index contributed by atoms with van der Waals surface area (Å²) < 4.78 is 0. The van der Waals surface area contributed by atoms with Gasteiger partial charge in [0, 0.05) is 0 Å². The van der Waals surface area contributed by atoms with E-state index in [0.717, 1.165) is 19.0 Å². The second-order valence-corrected chi connectivity index (χ2v) is 7.01. The zero-order valence-corrected chi connectivity index (χ0v) is 14.1. The largest absolute Gasteiger partial charge is 0.316 e. The molecule has 0 aliphatic heterocycles. The maximum absolute atomic E-state index is 3.58. The summed E-state index contributed by atoms with van der Waals surface area (Å²) in [5.41, 5.74) is 3.16. The van der Waals surface area contributed by atoms with E-state index in [-0.39, 0.29) is 5.41 Å². The monoisotopic (exact) mass is 275 g/mol. The standard InChI is InChI=1S/C19H33N/c1-6-8-17(15-20-13-7-2)14-16-9-11-18(12-10-16)19(3,4)5/h9-12,17,20H,6-8,13-15H2,1-5H3. The molecule has 0 saturated heterocycles. The molecule has 1 N–H and O–H groups in total. The van der Waals surface area contributed by atoms with Gasteiger partial charge in [-0.1, -0.05) is 65.3 Å². The molecular formula is C19H33N. The van der Waals surface area contributed by atoms with Crippen LogP contribution in [0.25, 0.3) is 0 Å². The van der Waals surface area contributed by atoms with Gasteiger partial charge >= 0.3 is 0 Å². The molecule has 1 rings (SSSR count). The van der Waals surface area contributed by atoms with Crippen molar-refractivity contribution < 1.29 is 0 Å². The van der Waals surface area contributed by atoms with E-state index < -0.39 is 0 Å². The SMILES string of the molecule is CCCNCC(CCC)Cc1ccc(C(C)(C)C)cc1. The van der Waals surface area contributed by atoms with Crippen LogP contribution in [0, 0.1) is 5.92 Å². The molecule has 0 spiro atoms. The highest BCUT2D eigenvalue weighted by Gasteiger charge is 2.14. The molecule has 1 aromatic carbocycles. The van der Waals surface area contributed by atoms with E-state index in [1.807, 2.05) is 0 Å². The third kappa shape index (κ3) is 6.09. The summed E-state index contributed by atoms with van der Waals surface area (Å²) in [6.07, 6.45) is 5.02. The van der Waals surface area contributed by atoms with Crippen LogP contribution < -0.4 is 5.32 Å². The lowest BCUT2D eigenvalue weighted by Gasteiger charge is -2.20. The van der Waals surface area contributed by atoms with Crippen molar-refractivity contribution >= 4 is 0 Å². The summed E-state index contributed by atoms with van der Waals surface area (Å²) in [5, 5.41) is 3.58. The first-order chi connectivity index (χ1) is 9.47. The highest BCUT2D eigenvalue weighted by molar-refractivity contribution is 5.27. The van der Waals surface area contributed by atoms with Gasteiger partial charge in [0.1, 0.15) is 0 Å². The van der Waals surface area contributed by atoms with E-state index in [0.29, 0.717) is 0 Å². The summed E-state index contributed by atoms with van der Waals surface area (Å²) in [7, 11) is 0. The van der Waals surface area contributed by atoms with Crippen molar-refractivity contribution in [2.75, 3.05) is 13.1 Å². The molecule has 1 aromatic rings. The molecular weight excluding hydrogens is 242 g/mol. The lowest BCUT2D eigenvalue weighted by molar-refractivity contribution is 0.439. The van der Waals surface area contributed by atoms with Gasteiger partial charge in [0.2, 0.25) is 0 Å². The molecule has 0 aromatic heterocycles. The predicted molar refractivity (Wildman–Crippen MR) is 90.4 cm³/mol. The zero-order chi connectivity index (χ0) is 15.0. The summed E-state index contributed by atoms with van der Waals surface area (Å²) in [6.45, 7) is 13.6. The van der Waals surface area contributed by atoms with Gasteiger partial charge in [0.15, 0.2) is 0 Å². The molecule has 114 valence electrons. The van der Waals surface area contributed by atoms with Crippen molar-refractivity contribution in [3.05, 3.63) is 35.4 Å². The van der Waals surface area contributed by atoms with E-state index in [2.05, 4.69) is 64.2 Å². The van der Waals surface area contributed by atoms with Gasteiger partial charge in [-0.15, -0.1) is 0 Å². The molecule has 20 heavy (non-hydrogen) atoms. The molecule has 0 bridgehead atoms. The minimum atomic E-state index is 0.254. The molecule has 0 saturated carbocycles. The summed E-state index contributed by atoms with van der Waals surface area (Å²) in [4.78, 5) is 0. The number of benzene rings is 1. The lowest BCUT2D eigenvalue weighted by atomic mass is 9.85. The summed E-state index contributed by atoms with van der Waals surface area (Å²) in [6, 6.07) is 9.25. The molecule has 0 aliphatic rings. The van der Waals surface area contributed by atoms with E-state index >= 15 is 0 Å². The van der Waals surface area contributed by atoms with Gasteiger partial charge in [0.05, 0.1) is 0 Å². The predicted octanol–water partition coefficient (Wildman–Crippen LogP) is 4.94. The first-order valence-electron chi connectivity index (χ1n) is 8.27. The van der Waals surface area contributed by atoms with Crippen LogP contribution in [0.4, 0.5) is 0 Å². The molecule has 0 radical (unpaired) electrons. The van der Waals surface area contributed by atoms with Crippen LogP contribution in [0.2, 0.25) is 0 Å². The van der Waals surface area contributed by atoms with Crippen molar-refractivity contribution in [1.29, 1.82) is 0 Å². The highest BCUT2D eigenvalue weighted by atomic mass is 14.8. The summed E-state index contributed by atoms with van der Waals surface area (Å²) in [5.74, 6) is 0.770. The fourth-order valence-electron chi connectivity index (χ4n) is 2.64. The number of hydrogen-bond acceptors (Lipinski definition) is 1. The van der Waals surface area contributed by atoms with Crippen molar-refractivity contribution in [3.63, 3.8) is 0 Å². The Hall–Kier alpha value is -0.820. The van der Waals surface area contributed by atoms with Crippen LogP contribution in [0.15, 0.2) is 24.3 Å². The molecule has 0 aliphatic carbocycles. The average Bonchev–Trinajstić information content (AvgIpc) is 2.39. The van der Waals surface area contributed by atoms with Crippen LogP contribution in [0.5, 0.6) is 0 Å². The molecule has 0 fully saturated rings. The first kappa shape index (κ1) is 17.2. The van der Waals surface area contributed by atoms with Crippen LogP contribution in [-0.4, -0.2) is 13.1 Å². The Bertz CT molecular complexity index is 358. The van der Waals surface area contributed by atoms with Gasteiger partial charge < -0.3 is 5.32 Å². The van der Waals surface area contributed by atoms with Gasteiger partial charge in [-0.25, -0.2) is 0 Å². The Balaban J connectivity index is 2.59. The van der Waals surface area contributed by atoms with Gasteiger partial charge in [0.25, 0.3) is 0 Å². The average molecular weight is 275 g/mol. The zero-order valence-electron chi connectivity index (χ0n) is 14.1. The third-order valence-electron chi connectivity index (χ3n) is 3.90. The Labute approximate surface area is 126 Å². The highest BCUT2D eigenvalue weighted by Crippen LogP contribution is 2.23. The maximum Gasteiger partial charge on any atom is -0.00173 e. The summed E-state index contributed by atoms with van der Waals surface area (Å²) >= 11 is 0. The van der Waals surface area contributed by atoms with Crippen LogP contribution in [0.1, 0.15) is 65.0 Å². The Kier molecular flexibility index (Phi) is 7.29. The van der Waals surface area contributed by atoms with Gasteiger partial charge in [-0.2, -0.15) is 0 Å². The van der Waals surface area contributed by atoms with Gasteiger partial charge in [-0.3, -0.25) is 0 Å². The quantitative estimate of drug-likeness (QED) is 0.662. The number of rotatable bonds is 8. The Morgan fingerprint density at radius 2 is 1.65 bits per heavy atom. The maximum atomic E-state index is 3.58. The van der Waals surface area contributed by atoms with E-state index in [1.54, 1.807) is 0 Å². The van der Waals surface area contributed by atoms with Crippen LogP contribution in [-0.2, 0) is 11.8 Å². The second-order valence-electron chi connectivity index (χ2n) is 7.01. The van der Waals surface area contributed by atoms with Crippen molar-refractivity contribution in [2.45, 2.75) is 65.7 Å². The van der Waals surface area contributed by atoms with Crippen molar-refractivity contribution in [1.82, 2.24) is 5.32 Å². The number of nitrogens with one attached hydrogen (secondary N) is 1. The molecule has 0 amide bonds. The molecule has 0 heterocycles. The Morgan fingerprint density at radius 1 is 1.00 bits per heavy atom. The fraction of sp³-hybridized carbons (Fsp3) is 0.684. The van der Waals surface area contributed by atoms with Crippen molar-refractivity contribution in [2.24, 2.45) is 5.92 Å². The number of hydrogen-bond donors (Lipinski definition) is 1. The van der Waals surface area contributed by atoms with E-state index in [1.165, 1.54) is 36.8 Å².